The Hall–Kier alpha value is -4.44. The largest absolute Gasteiger partial charge is 0.481 e. The molecular weight excluding hydrogens is 498 g/mol. The number of benzene rings is 2. The van der Waals surface area contributed by atoms with Crippen LogP contribution in [-0.4, -0.2) is 30.2 Å². The fourth-order valence-electron chi connectivity index (χ4n) is 3.56. The molecule has 2 heterocycles. The summed E-state index contributed by atoms with van der Waals surface area (Å²) >= 11 is 5.99. The van der Waals surface area contributed by atoms with Gasteiger partial charge < -0.3 is 15.2 Å². The van der Waals surface area contributed by atoms with Crippen molar-refractivity contribution >= 4 is 29.2 Å². The highest BCUT2D eigenvalue weighted by molar-refractivity contribution is 6.30. The van der Waals surface area contributed by atoms with E-state index in [2.05, 4.69) is 15.3 Å². The third-order valence-electron chi connectivity index (χ3n) is 5.85. The first-order valence-corrected chi connectivity index (χ1v) is 11.8. The maximum absolute atomic E-state index is 13.5. The highest BCUT2D eigenvalue weighted by atomic mass is 35.5. The van der Waals surface area contributed by atoms with Crippen molar-refractivity contribution in [3.05, 3.63) is 104 Å². The molecule has 0 fully saturated rings. The highest BCUT2D eigenvalue weighted by Gasteiger charge is 2.26. The van der Waals surface area contributed by atoms with Crippen molar-refractivity contribution in [3.63, 3.8) is 0 Å². The summed E-state index contributed by atoms with van der Waals surface area (Å²) in [6.45, 7) is 3.01. The fraction of sp³-hybridized carbons (Fsp3) is 0.192. The Kier molecular flexibility index (Phi) is 7.69. The standard InChI is InChI=1S/C26H24ClN5O5/c1-16(23(33)34)17(2)32-25(35)30-24(31(26(32)36)15-18-6-8-19(27)9-7-18)29-20-10-12-21(13-11-20)37-22-5-3-4-14-28-22/h3-14,16-17H,15H2,1-2H3,(H,33,34)(H,29,30,35)/t16-,17+/m0/s1. The zero-order valence-electron chi connectivity index (χ0n) is 20.0. The number of ether oxygens (including phenoxy) is 1. The number of aliphatic carboxylic acids is 1. The number of anilines is 2. The van der Waals surface area contributed by atoms with Crippen LogP contribution in [0.5, 0.6) is 11.6 Å². The molecule has 0 aliphatic heterocycles. The van der Waals surface area contributed by atoms with Crippen LogP contribution in [0.4, 0.5) is 11.6 Å². The lowest BCUT2D eigenvalue weighted by Crippen LogP contribution is -2.46. The average molecular weight is 522 g/mol. The van der Waals surface area contributed by atoms with E-state index in [1.807, 2.05) is 6.07 Å². The number of nitrogens with zero attached hydrogens (tertiary/aromatic N) is 4. The third-order valence-corrected chi connectivity index (χ3v) is 6.10. The molecule has 0 aliphatic rings. The van der Waals surface area contributed by atoms with Crippen molar-refractivity contribution < 1.29 is 14.6 Å². The highest BCUT2D eigenvalue weighted by Crippen LogP contribution is 2.23. The van der Waals surface area contributed by atoms with Crippen molar-refractivity contribution in [2.75, 3.05) is 5.32 Å². The number of hydrogen-bond donors (Lipinski definition) is 2. The summed E-state index contributed by atoms with van der Waals surface area (Å²) in [7, 11) is 0. The van der Waals surface area contributed by atoms with Crippen LogP contribution in [0.2, 0.25) is 5.02 Å². The van der Waals surface area contributed by atoms with E-state index in [9.17, 15) is 19.5 Å². The van der Waals surface area contributed by atoms with Gasteiger partial charge in [-0.3, -0.25) is 9.36 Å². The zero-order chi connectivity index (χ0) is 26.5. The minimum absolute atomic E-state index is 0.00905. The minimum atomic E-state index is -1.13. The molecule has 0 amide bonds. The quantitative estimate of drug-likeness (QED) is 0.333. The normalized spacial score (nSPS) is 12.5. The number of rotatable bonds is 9. The van der Waals surface area contributed by atoms with Crippen LogP contribution in [0.15, 0.2) is 82.5 Å². The molecule has 190 valence electrons. The molecule has 0 spiro atoms. The predicted molar refractivity (Wildman–Crippen MR) is 139 cm³/mol. The molecule has 4 rings (SSSR count). The zero-order valence-corrected chi connectivity index (χ0v) is 20.8. The first-order valence-electron chi connectivity index (χ1n) is 11.4. The number of halogens is 1. The van der Waals surface area contributed by atoms with Gasteiger partial charge in [-0.1, -0.05) is 29.8 Å². The number of nitrogens with one attached hydrogen (secondary N) is 1. The Balaban J connectivity index is 1.70. The topological polar surface area (TPSA) is 128 Å². The predicted octanol–water partition coefficient (Wildman–Crippen LogP) is 4.32. The summed E-state index contributed by atoms with van der Waals surface area (Å²) in [6, 6.07) is 18.1. The van der Waals surface area contributed by atoms with Crippen LogP contribution in [0.3, 0.4) is 0 Å². The maximum atomic E-state index is 13.5. The lowest BCUT2D eigenvalue weighted by Gasteiger charge is -2.21. The molecule has 2 N–H and O–H groups in total. The summed E-state index contributed by atoms with van der Waals surface area (Å²) in [4.78, 5) is 46.1. The van der Waals surface area contributed by atoms with Gasteiger partial charge in [0, 0.05) is 23.0 Å². The van der Waals surface area contributed by atoms with Gasteiger partial charge >= 0.3 is 17.3 Å². The van der Waals surface area contributed by atoms with Crippen LogP contribution in [0.25, 0.3) is 0 Å². The molecule has 2 aromatic carbocycles. The average Bonchev–Trinajstić information content (AvgIpc) is 2.88. The van der Waals surface area contributed by atoms with Gasteiger partial charge in [0.05, 0.1) is 18.5 Å². The summed E-state index contributed by atoms with van der Waals surface area (Å²) in [5.74, 6) is -1.12. The first-order chi connectivity index (χ1) is 17.7. The minimum Gasteiger partial charge on any atom is -0.481 e. The van der Waals surface area contributed by atoms with Gasteiger partial charge in [0.2, 0.25) is 11.8 Å². The molecule has 11 heteroatoms. The lowest BCUT2D eigenvalue weighted by atomic mass is 10.0. The molecule has 4 aromatic rings. The Labute approximate surface area is 216 Å². The number of carbonyl (C=O) groups is 1. The van der Waals surface area contributed by atoms with Crippen LogP contribution >= 0.6 is 11.6 Å². The molecule has 0 saturated heterocycles. The third kappa shape index (κ3) is 6.04. The smallest absolute Gasteiger partial charge is 0.355 e. The van der Waals surface area contributed by atoms with Crippen LogP contribution < -0.4 is 21.4 Å². The second-order valence-electron chi connectivity index (χ2n) is 8.37. The number of pyridine rings is 1. The molecule has 2 atom stereocenters. The van der Waals surface area contributed by atoms with E-state index in [1.165, 1.54) is 18.4 Å². The van der Waals surface area contributed by atoms with E-state index in [0.717, 1.165) is 10.1 Å². The second-order valence-corrected chi connectivity index (χ2v) is 8.81. The molecule has 0 saturated carbocycles. The molecular formula is C26H24ClN5O5. The molecule has 10 nitrogen and oxygen atoms in total. The van der Waals surface area contributed by atoms with Crippen molar-refractivity contribution in [3.8, 4) is 11.6 Å². The summed E-state index contributed by atoms with van der Waals surface area (Å²) in [6.07, 6.45) is 1.62. The number of carboxylic acid groups (broad SMARTS) is 1. The van der Waals surface area contributed by atoms with E-state index in [1.54, 1.807) is 66.9 Å². The maximum Gasteiger partial charge on any atom is 0.355 e. The van der Waals surface area contributed by atoms with Crippen molar-refractivity contribution in [1.82, 2.24) is 19.1 Å². The van der Waals surface area contributed by atoms with Crippen molar-refractivity contribution in [2.24, 2.45) is 5.92 Å². The molecule has 0 unspecified atom stereocenters. The van der Waals surface area contributed by atoms with Gasteiger partial charge in [0.15, 0.2) is 0 Å². The van der Waals surface area contributed by atoms with E-state index in [0.29, 0.717) is 22.3 Å². The number of aromatic nitrogens is 4. The van der Waals surface area contributed by atoms with Crippen LogP contribution in [0, 0.1) is 5.92 Å². The molecule has 0 radical (unpaired) electrons. The molecule has 37 heavy (non-hydrogen) atoms. The summed E-state index contributed by atoms with van der Waals surface area (Å²) < 4.78 is 7.85. The molecule has 0 bridgehead atoms. The number of hydrogen-bond acceptors (Lipinski definition) is 7. The second kappa shape index (κ2) is 11.1. The lowest BCUT2D eigenvalue weighted by molar-refractivity contribution is -0.142. The summed E-state index contributed by atoms with van der Waals surface area (Å²) in [5, 5.41) is 13.0. The summed E-state index contributed by atoms with van der Waals surface area (Å²) in [5.41, 5.74) is -0.252. The van der Waals surface area contributed by atoms with Gasteiger partial charge in [-0.25, -0.2) is 19.1 Å². The van der Waals surface area contributed by atoms with E-state index >= 15 is 0 Å². The Morgan fingerprint density at radius 3 is 2.38 bits per heavy atom. The van der Waals surface area contributed by atoms with Crippen molar-refractivity contribution in [1.29, 1.82) is 0 Å². The first kappa shape index (κ1) is 25.6. The van der Waals surface area contributed by atoms with Crippen LogP contribution in [0.1, 0.15) is 25.5 Å². The van der Waals surface area contributed by atoms with Crippen molar-refractivity contribution in [2.45, 2.75) is 26.4 Å². The van der Waals surface area contributed by atoms with Crippen LogP contribution in [-0.2, 0) is 11.3 Å². The van der Waals surface area contributed by atoms with Gasteiger partial charge in [-0.15, -0.1) is 0 Å². The SMILES string of the molecule is C[C@H](C(=O)O)[C@@H](C)n1c(=O)nc(Nc2ccc(Oc3ccccn3)cc2)n(Cc2ccc(Cl)cc2)c1=O. The molecule has 0 aliphatic carbocycles. The monoisotopic (exact) mass is 521 g/mol. The van der Waals surface area contributed by atoms with Gasteiger partial charge in [0.25, 0.3) is 0 Å². The molecule has 2 aromatic heterocycles. The van der Waals surface area contributed by atoms with E-state index < -0.39 is 29.3 Å². The van der Waals surface area contributed by atoms with Gasteiger partial charge in [-0.05, 0) is 61.9 Å². The fourth-order valence-corrected chi connectivity index (χ4v) is 3.69. The van der Waals surface area contributed by atoms with E-state index in [4.69, 9.17) is 16.3 Å². The Morgan fingerprint density at radius 2 is 1.76 bits per heavy atom. The number of carboxylic acids is 1. The van der Waals surface area contributed by atoms with E-state index in [-0.39, 0.29) is 12.5 Å². The Bertz CT molecular complexity index is 1500. The van der Waals surface area contributed by atoms with Gasteiger partial charge in [-0.2, -0.15) is 4.98 Å². The van der Waals surface area contributed by atoms with Gasteiger partial charge in [0.1, 0.15) is 5.75 Å². The Morgan fingerprint density at radius 1 is 1.05 bits per heavy atom.